The van der Waals surface area contributed by atoms with Crippen LogP contribution >= 0.6 is 0 Å². The quantitative estimate of drug-likeness (QED) is 0.152. The van der Waals surface area contributed by atoms with Gasteiger partial charge < -0.3 is 4.90 Å². The van der Waals surface area contributed by atoms with Gasteiger partial charge in [0.25, 0.3) is 0 Å². The average Bonchev–Trinajstić information content (AvgIpc) is 3.47. The zero-order valence-electron chi connectivity index (χ0n) is 36.0. The van der Waals surface area contributed by atoms with E-state index in [9.17, 15) is 0 Å². The Morgan fingerprint density at radius 3 is 1.28 bits per heavy atom. The third kappa shape index (κ3) is 5.98. The van der Waals surface area contributed by atoms with Gasteiger partial charge in [-0.2, -0.15) is 0 Å². The minimum atomic E-state index is -0.214. The summed E-state index contributed by atoms with van der Waals surface area (Å²) in [6.45, 7) is 18.1. The van der Waals surface area contributed by atoms with E-state index in [2.05, 4.69) is 224 Å². The number of fused-ring (bicyclic) bond motifs is 5. The topological polar surface area (TPSA) is 3.24 Å². The maximum Gasteiger partial charge on any atom is 0.0465 e. The van der Waals surface area contributed by atoms with Crippen molar-refractivity contribution in [2.75, 3.05) is 4.90 Å². The van der Waals surface area contributed by atoms with E-state index >= 15 is 0 Å². The van der Waals surface area contributed by atoms with Crippen molar-refractivity contribution in [3.8, 4) is 44.5 Å². The standard InChI is InChI=1S/C59H51N/c1-36-22-26-44(31-40(36)5)60(45-27-23-37(2)41(6)32-45)46-28-30-49-48-29-25-43(34-55(48)59(7,8)56(49)35-46)58-52-19-13-11-17-50(52)57(51-18-12-14-20-53(51)58)42-24-21-39(4)54(33-42)47-16-10-9-15-38(47)3/h9-35H,1-8H3. The van der Waals surface area contributed by atoms with Crippen LogP contribution in [-0.2, 0) is 5.41 Å². The second-order valence-electron chi connectivity index (χ2n) is 17.7. The fourth-order valence-corrected chi connectivity index (χ4v) is 9.89. The molecule has 1 heteroatoms. The molecule has 10 rings (SSSR count). The minimum Gasteiger partial charge on any atom is -0.310 e. The molecule has 1 aliphatic rings. The van der Waals surface area contributed by atoms with E-state index in [0.717, 1.165) is 0 Å². The second kappa shape index (κ2) is 14.2. The van der Waals surface area contributed by atoms with Crippen molar-refractivity contribution in [1.29, 1.82) is 0 Å². The van der Waals surface area contributed by atoms with E-state index in [1.54, 1.807) is 0 Å². The lowest BCUT2D eigenvalue weighted by Gasteiger charge is -2.29. The first kappa shape index (κ1) is 37.6. The van der Waals surface area contributed by atoms with Crippen LogP contribution in [0.2, 0.25) is 0 Å². The molecule has 1 nitrogen and oxygen atoms in total. The normalized spacial score (nSPS) is 12.8. The molecule has 9 aromatic carbocycles. The van der Waals surface area contributed by atoms with E-state index in [1.807, 2.05) is 0 Å². The van der Waals surface area contributed by atoms with Crippen LogP contribution in [0.1, 0.15) is 58.4 Å². The molecule has 0 spiro atoms. The van der Waals surface area contributed by atoms with Crippen LogP contribution in [0.4, 0.5) is 17.1 Å². The molecule has 0 atom stereocenters. The molecule has 0 unspecified atom stereocenters. The lowest BCUT2D eigenvalue weighted by Crippen LogP contribution is -2.17. The molecule has 0 aromatic heterocycles. The lowest BCUT2D eigenvalue weighted by atomic mass is 9.80. The van der Waals surface area contributed by atoms with Gasteiger partial charge in [-0.1, -0.05) is 129 Å². The number of anilines is 3. The van der Waals surface area contributed by atoms with Gasteiger partial charge in [-0.25, -0.2) is 0 Å². The molecule has 60 heavy (non-hydrogen) atoms. The summed E-state index contributed by atoms with van der Waals surface area (Å²) in [6, 6.07) is 61.9. The van der Waals surface area contributed by atoms with Crippen LogP contribution < -0.4 is 4.90 Å². The summed E-state index contributed by atoms with van der Waals surface area (Å²) in [5, 5.41) is 5.10. The molecular weight excluding hydrogens is 723 g/mol. The highest BCUT2D eigenvalue weighted by Crippen LogP contribution is 2.53. The fraction of sp³-hybridized carbons (Fsp3) is 0.153. The van der Waals surface area contributed by atoms with Crippen molar-refractivity contribution in [1.82, 2.24) is 0 Å². The molecule has 1 aliphatic carbocycles. The van der Waals surface area contributed by atoms with Crippen LogP contribution in [0, 0.1) is 41.5 Å². The van der Waals surface area contributed by atoms with Crippen LogP contribution in [0.25, 0.3) is 66.1 Å². The largest absolute Gasteiger partial charge is 0.310 e. The Hall–Kier alpha value is -6.70. The third-order valence-electron chi connectivity index (χ3n) is 13.6. The van der Waals surface area contributed by atoms with E-state index < -0.39 is 0 Å². The summed E-state index contributed by atoms with van der Waals surface area (Å²) in [5.74, 6) is 0. The molecule has 292 valence electrons. The number of benzene rings is 9. The number of hydrogen-bond donors (Lipinski definition) is 0. The molecule has 0 saturated carbocycles. The second-order valence-corrected chi connectivity index (χ2v) is 17.7. The van der Waals surface area contributed by atoms with Crippen molar-refractivity contribution in [3.63, 3.8) is 0 Å². The molecular formula is C59H51N. The van der Waals surface area contributed by atoms with Crippen molar-refractivity contribution in [2.45, 2.75) is 60.8 Å². The Bertz CT molecular complexity index is 3090. The molecule has 9 aromatic rings. The Kier molecular flexibility index (Phi) is 8.92. The van der Waals surface area contributed by atoms with E-state index in [1.165, 1.54) is 128 Å². The molecule has 0 N–H and O–H groups in total. The SMILES string of the molecule is Cc1ccc(N(c2ccc(C)c(C)c2)c2ccc3c(c2)C(C)(C)c2cc(-c4c5ccccc5c(-c5ccc(C)c(-c6ccccc6C)c5)c5ccccc45)ccc2-3)cc1C. The van der Waals surface area contributed by atoms with E-state index in [0.29, 0.717) is 0 Å². The zero-order valence-corrected chi connectivity index (χ0v) is 36.0. The van der Waals surface area contributed by atoms with Gasteiger partial charge in [-0.15, -0.1) is 0 Å². The van der Waals surface area contributed by atoms with Crippen LogP contribution in [0.15, 0.2) is 164 Å². The Morgan fingerprint density at radius 1 is 0.317 bits per heavy atom. The summed E-state index contributed by atoms with van der Waals surface area (Å²) in [5.41, 5.74) is 24.1. The molecule has 0 amide bonds. The Morgan fingerprint density at radius 2 is 0.733 bits per heavy atom. The predicted molar refractivity (Wildman–Crippen MR) is 258 cm³/mol. The lowest BCUT2D eigenvalue weighted by molar-refractivity contribution is 0.660. The smallest absolute Gasteiger partial charge is 0.0465 e. The van der Waals surface area contributed by atoms with Crippen LogP contribution in [0.5, 0.6) is 0 Å². The van der Waals surface area contributed by atoms with E-state index in [-0.39, 0.29) is 5.41 Å². The van der Waals surface area contributed by atoms with Crippen LogP contribution in [0.3, 0.4) is 0 Å². The van der Waals surface area contributed by atoms with Gasteiger partial charge in [0.1, 0.15) is 0 Å². The third-order valence-corrected chi connectivity index (χ3v) is 13.6. The number of hydrogen-bond acceptors (Lipinski definition) is 1. The summed E-state index contributed by atoms with van der Waals surface area (Å²) in [4.78, 5) is 2.43. The van der Waals surface area contributed by atoms with Gasteiger partial charge in [0.05, 0.1) is 0 Å². The van der Waals surface area contributed by atoms with Crippen molar-refractivity contribution in [3.05, 3.63) is 208 Å². The Labute approximate surface area is 355 Å². The zero-order chi connectivity index (χ0) is 41.4. The average molecular weight is 774 g/mol. The Balaban J connectivity index is 1.12. The maximum atomic E-state index is 2.50. The predicted octanol–water partition coefficient (Wildman–Crippen LogP) is 16.6. The first-order chi connectivity index (χ1) is 29.0. The first-order valence-electron chi connectivity index (χ1n) is 21.3. The number of nitrogens with zero attached hydrogens (tertiary/aromatic N) is 1. The molecule has 0 bridgehead atoms. The highest BCUT2D eigenvalue weighted by atomic mass is 15.1. The minimum absolute atomic E-state index is 0.214. The summed E-state index contributed by atoms with van der Waals surface area (Å²) < 4.78 is 0. The molecule has 0 fully saturated rings. The molecule has 0 radical (unpaired) electrons. The summed E-state index contributed by atoms with van der Waals surface area (Å²) in [7, 11) is 0. The summed E-state index contributed by atoms with van der Waals surface area (Å²) in [6.07, 6.45) is 0. The van der Waals surface area contributed by atoms with Gasteiger partial charge in [0.2, 0.25) is 0 Å². The first-order valence-corrected chi connectivity index (χ1v) is 21.3. The van der Waals surface area contributed by atoms with E-state index in [4.69, 9.17) is 0 Å². The molecule has 0 aliphatic heterocycles. The molecule has 0 heterocycles. The fourth-order valence-electron chi connectivity index (χ4n) is 9.89. The maximum absolute atomic E-state index is 2.50. The highest BCUT2D eigenvalue weighted by molar-refractivity contribution is 6.21. The number of rotatable bonds is 6. The van der Waals surface area contributed by atoms with Gasteiger partial charge >= 0.3 is 0 Å². The van der Waals surface area contributed by atoms with Gasteiger partial charge in [0.15, 0.2) is 0 Å². The van der Waals surface area contributed by atoms with Crippen molar-refractivity contribution >= 4 is 38.6 Å². The van der Waals surface area contributed by atoms with Crippen molar-refractivity contribution < 1.29 is 0 Å². The van der Waals surface area contributed by atoms with Gasteiger partial charge in [-0.3, -0.25) is 0 Å². The van der Waals surface area contributed by atoms with Gasteiger partial charge in [-0.05, 0) is 201 Å². The summed E-state index contributed by atoms with van der Waals surface area (Å²) >= 11 is 0. The van der Waals surface area contributed by atoms with Gasteiger partial charge in [0, 0.05) is 22.5 Å². The van der Waals surface area contributed by atoms with Crippen molar-refractivity contribution in [2.24, 2.45) is 0 Å². The monoisotopic (exact) mass is 773 g/mol. The highest BCUT2D eigenvalue weighted by Gasteiger charge is 2.36. The molecule has 0 saturated heterocycles. The number of aryl methyl sites for hydroxylation is 6. The van der Waals surface area contributed by atoms with Crippen LogP contribution in [-0.4, -0.2) is 0 Å².